The van der Waals surface area contributed by atoms with Gasteiger partial charge in [-0.15, -0.1) is 12.1 Å². The van der Waals surface area contributed by atoms with Crippen LogP contribution in [0.5, 0.6) is 0 Å². The van der Waals surface area contributed by atoms with E-state index >= 15 is 0 Å². The van der Waals surface area contributed by atoms with Crippen LogP contribution >= 0.6 is 0 Å². The van der Waals surface area contributed by atoms with Crippen molar-refractivity contribution in [2.24, 2.45) is 0 Å². The molecule has 0 bridgehead atoms. The minimum Gasteiger partial charge on any atom is -0.371 e. The first-order valence-corrected chi connectivity index (χ1v) is 6.21. The number of aldehydes is 1. The standard InChI is InChI=1S/C7H7.C5H8O2.C3H8O2.CH3.Os/c1-7-5-3-2-4-6-7;6-4-5-2-1-3-7-5;1-3(2,4)5;;/h2-6H,1H2;4-5H,1-3H2;4-5H,1-2H3;1H3;/q-1;;;-1;+2. The van der Waals surface area contributed by atoms with Gasteiger partial charge in [-0.2, -0.15) is 24.6 Å². The Labute approximate surface area is 141 Å². The Bertz CT molecular complexity index is 324. The molecule has 4 nitrogen and oxygen atoms in total. The average Bonchev–Trinajstić information content (AvgIpc) is 2.81. The minimum absolute atomic E-state index is 0. The summed E-state index contributed by atoms with van der Waals surface area (Å²) in [6.45, 7) is 7.09. The largest absolute Gasteiger partial charge is 2.00 e. The first kappa shape index (κ1) is 25.2. The van der Waals surface area contributed by atoms with Crippen LogP contribution in [0.1, 0.15) is 32.3 Å². The fourth-order valence-electron chi connectivity index (χ4n) is 1.19. The zero-order valence-corrected chi connectivity index (χ0v) is 15.5. The van der Waals surface area contributed by atoms with Crippen molar-refractivity contribution in [1.29, 1.82) is 0 Å². The molecule has 5 heteroatoms. The fraction of sp³-hybridized carbons (Fsp3) is 0.438. The Balaban J connectivity index is -0.000000225. The van der Waals surface area contributed by atoms with Gasteiger partial charge in [-0.1, -0.05) is 6.07 Å². The Hall–Kier alpha value is -0.724. The van der Waals surface area contributed by atoms with Gasteiger partial charge in [0.15, 0.2) is 5.79 Å². The molecule has 122 valence electrons. The van der Waals surface area contributed by atoms with E-state index in [1.54, 1.807) is 0 Å². The molecule has 1 aliphatic rings. The van der Waals surface area contributed by atoms with E-state index in [9.17, 15) is 4.79 Å². The zero-order chi connectivity index (χ0) is 14.7. The Morgan fingerprint density at radius 2 is 1.76 bits per heavy atom. The third-order valence-electron chi connectivity index (χ3n) is 1.96. The molecule has 0 spiro atoms. The van der Waals surface area contributed by atoms with Crippen LogP contribution in [-0.4, -0.2) is 35.0 Å². The molecule has 2 rings (SSSR count). The summed E-state index contributed by atoms with van der Waals surface area (Å²) in [5, 5.41) is 16.2. The Morgan fingerprint density at radius 1 is 1.29 bits per heavy atom. The van der Waals surface area contributed by atoms with Gasteiger partial charge in [0, 0.05) is 6.61 Å². The Morgan fingerprint density at radius 3 is 1.95 bits per heavy atom. The van der Waals surface area contributed by atoms with Crippen LogP contribution in [0.15, 0.2) is 30.3 Å². The second-order valence-electron chi connectivity index (χ2n) is 4.67. The fourth-order valence-corrected chi connectivity index (χ4v) is 1.19. The molecule has 1 heterocycles. The van der Waals surface area contributed by atoms with Gasteiger partial charge in [-0.05, 0) is 26.7 Å². The molecule has 1 atom stereocenters. The minimum atomic E-state index is -1.50. The van der Waals surface area contributed by atoms with Gasteiger partial charge >= 0.3 is 19.8 Å². The molecule has 1 aromatic carbocycles. The monoisotopic (exact) mass is 474 g/mol. The number of rotatable bonds is 1. The molecule has 0 aliphatic carbocycles. The first-order valence-electron chi connectivity index (χ1n) is 6.21. The number of carbonyl (C=O) groups is 1. The molecule has 1 fully saturated rings. The smallest absolute Gasteiger partial charge is 0.371 e. The van der Waals surface area contributed by atoms with Crippen molar-refractivity contribution in [3.05, 3.63) is 50.2 Å². The molecule has 1 aliphatic heterocycles. The van der Waals surface area contributed by atoms with Crippen LogP contribution in [0, 0.1) is 14.4 Å². The third kappa shape index (κ3) is 21.7. The van der Waals surface area contributed by atoms with Crippen molar-refractivity contribution in [1.82, 2.24) is 0 Å². The van der Waals surface area contributed by atoms with Crippen molar-refractivity contribution < 1.29 is 39.5 Å². The number of benzene rings is 1. The molecule has 0 radical (unpaired) electrons. The average molecular weight is 473 g/mol. The molecule has 21 heavy (non-hydrogen) atoms. The molecular formula is C16H26O4Os. The molecule has 1 saturated heterocycles. The number of hydrogen-bond acceptors (Lipinski definition) is 4. The van der Waals surface area contributed by atoms with Crippen LogP contribution in [0.4, 0.5) is 0 Å². The van der Waals surface area contributed by atoms with Crippen molar-refractivity contribution in [3.8, 4) is 0 Å². The molecule has 0 aromatic heterocycles. The summed E-state index contributed by atoms with van der Waals surface area (Å²) in [5.41, 5.74) is 1.07. The van der Waals surface area contributed by atoms with Crippen LogP contribution in [0.2, 0.25) is 0 Å². The quantitative estimate of drug-likeness (QED) is 0.374. The maximum absolute atomic E-state index is 9.88. The summed E-state index contributed by atoms with van der Waals surface area (Å²) in [7, 11) is 0. The molecule has 1 unspecified atom stereocenters. The van der Waals surface area contributed by atoms with E-state index in [1.165, 1.54) is 13.8 Å². The topological polar surface area (TPSA) is 66.8 Å². The van der Waals surface area contributed by atoms with Gasteiger partial charge < -0.3 is 27.2 Å². The summed E-state index contributed by atoms with van der Waals surface area (Å²) in [4.78, 5) is 9.88. The van der Waals surface area contributed by atoms with E-state index in [1.807, 2.05) is 30.3 Å². The molecule has 0 saturated carbocycles. The van der Waals surface area contributed by atoms with Gasteiger partial charge in [0.25, 0.3) is 0 Å². The molecular weight excluding hydrogens is 446 g/mol. The summed E-state index contributed by atoms with van der Waals surface area (Å²) < 4.78 is 4.93. The molecule has 0 amide bonds. The second kappa shape index (κ2) is 14.2. The van der Waals surface area contributed by atoms with Crippen molar-refractivity contribution in [3.63, 3.8) is 0 Å². The van der Waals surface area contributed by atoms with Crippen molar-refractivity contribution >= 4 is 6.29 Å². The molecule has 2 N–H and O–H groups in total. The van der Waals surface area contributed by atoms with Gasteiger partial charge in [-0.3, -0.25) is 0 Å². The van der Waals surface area contributed by atoms with E-state index in [0.29, 0.717) is 0 Å². The SMILES string of the molecule is CC(C)(O)O.O=CC1CCCO1.[CH2-]c1ccccc1.[CH3-].[Os+2]. The van der Waals surface area contributed by atoms with Crippen LogP contribution in [-0.2, 0) is 29.3 Å². The third-order valence-corrected chi connectivity index (χ3v) is 1.96. The summed E-state index contributed by atoms with van der Waals surface area (Å²) in [5.74, 6) is -1.50. The zero-order valence-electron chi connectivity index (χ0n) is 12.9. The second-order valence-corrected chi connectivity index (χ2v) is 4.67. The maximum Gasteiger partial charge on any atom is 2.00 e. The van der Waals surface area contributed by atoms with Gasteiger partial charge in [0.1, 0.15) is 12.4 Å². The van der Waals surface area contributed by atoms with Crippen molar-refractivity contribution in [2.75, 3.05) is 6.61 Å². The summed E-state index contributed by atoms with van der Waals surface area (Å²) in [6, 6.07) is 9.87. The predicted octanol–water partition coefficient (Wildman–Crippen LogP) is 2.39. The van der Waals surface area contributed by atoms with E-state index in [4.69, 9.17) is 14.9 Å². The number of hydrogen-bond donors (Lipinski definition) is 2. The van der Waals surface area contributed by atoms with E-state index < -0.39 is 5.79 Å². The molecule has 1 aromatic rings. The number of carbonyl (C=O) groups excluding carboxylic acids is 1. The van der Waals surface area contributed by atoms with Gasteiger partial charge in [-0.25, -0.2) is 0 Å². The van der Waals surface area contributed by atoms with Crippen molar-refractivity contribution in [2.45, 2.75) is 38.6 Å². The Kier molecular flexibility index (Phi) is 17.1. The van der Waals surface area contributed by atoms with Crippen LogP contribution in [0.25, 0.3) is 0 Å². The summed E-state index contributed by atoms with van der Waals surface area (Å²) in [6.07, 6.45) is 2.75. The number of aliphatic hydroxyl groups is 2. The van der Waals surface area contributed by atoms with Crippen LogP contribution in [0.3, 0.4) is 0 Å². The van der Waals surface area contributed by atoms with E-state index in [0.717, 1.165) is 31.3 Å². The van der Waals surface area contributed by atoms with Crippen LogP contribution < -0.4 is 0 Å². The van der Waals surface area contributed by atoms with E-state index in [2.05, 4.69) is 6.92 Å². The summed E-state index contributed by atoms with van der Waals surface area (Å²) >= 11 is 0. The van der Waals surface area contributed by atoms with Gasteiger partial charge in [0.05, 0.1) is 0 Å². The number of ether oxygens (including phenoxy) is 1. The van der Waals surface area contributed by atoms with E-state index in [-0.39, 0.29) is 33.3 Å². The predicted molar refractivity (Wildman–Crippen MR) is 80.9 cm³/mol. The maximum atomic E-state index is 9.88. The normalized spacial score (nSPS) is 15.9. The first-order chi connectivity index (χ1) is 8.83. The van der Waals surface area contributed by atoms with Gasteiger partial charge in [0.2, 0.25) is 0 Å².